The van der Waals surface area contributed by atoms with E-state index in [1.54, 1.807) is 0 Å². The van der Waals surface area contributed by atoms with Crippen LogP contribution in [-0.2, 0) is 14.3 Å². The fourth-order valence-corrected chi connectivity index (χ4v) is 2.28. The molecular weight excluding hydrogens is 170 g/mol. The molecule has 2 fully saturated rings. The largest absolute Gasteiger partial charge is 0.465 e. The van der Waals surface area contributed by atoms with Crippen molar-refractivity contribution in [1.82, 2.24) is 0 Å². The molecule has 1 aliphatic heterocycles. The molecule has 2 aliphatic rings. The van der Waals surface area contributed by atoms with E-state index in [2.05, 4.69) is 0 Å². The Kier molecular flexibility index (Phi) is 2.04. The molecule has 1 heterocycles. The smallest absolute Gasteiger partial charge is 0.314 e. The number of fused-ring (bicyclic) bond motifs is 2. The first kappa shape index (κ1) is 8.97. The molecule has 74 valence electrons. The Morgan fingerprint density at radius 1 is 1.69 bits per heavy atom. The van der Waals surface area contributed by atoms with Crippen molar-refractivity contribution in [2.45, 2.75) is 31.9 Å². The van der Waals surface area contributed by atoms with E-state index >= 15 is 0 Å². The zero-order chi connectivity index (χ0) is 9.47. The van der Waals surface area contributed by atoms with Gasteiger partial charge in [0.05, 0.1) is 24.7 Å². The topological polar surface area (TPSA) is 61.5 Å². The summed E-state index contributed by atoms with van der Waals surface area (Å²) in [4.78, 5) is 11.6. The molecule has 0 unspecified atom stereocenters. The highest BCUT2D eigenvalue weighted by Gasteiger charge is 2.56. The van der Waals surface area contributed by atoms with Gasteiger partial charge in [0.2, 0.25) is 0 Å². The van der Waals surface area contributed by atoms with Crippen LogP contribution in [0.1, 0.15) is 19.8 Å². The highest BCUT2D eigenvalue weighted by molar-refractivity contribution is 5.78. The molecule has 0 aromatic heterocycles. The molecule has 0 spiro atoms. The first-order valence-corrected chi connectivity index (χ1v) is 4.72. The van der Waals surface area contributed by atoms with Crippen molar-refractivity contribution in [2.75, 3.05) is 13.2 Å². The monoisotopic (exact) mass is 185 g/mol. The van der Waals surface area contributed by atoms with Crippen LogP contribution in [0.3, 0.4) is 0 Å². The summed E-state index contributed by atoms with van der Waals surface area (Å²) in [5, 5.41) is 0. The van der Waals surface area contributed by atoms with Crippen LogP contribution in [0.4, 0.5) is 0 Å². The minimum atomic E-state index is -0.417. The van der Waals surface area contributed by atoms with Crippen molar-refractivity contribution in [3.63, 3.8) is 0 Å². The van der Waals surface area contributed by atoms with Gasteiger partial charge in [-0.2, -0.15) is 0 Å². The lowest BCUT2D eigenvalue weighted by Gasteiger charge is -2.25. The zero-order valence-corrected chi connectivity index (χ0v) is 7.79. The van der Waals surface area contributed by atoms with E-state index in [1.165, 1.54) is 0 Å². The van der Waals surface area contributed by atoms with Gasteiger partial charge >= 0.3 is 5.97 Å². The van der Waals surface area contributed by atoms with Gasteiger partial charge in [-0.15, -0.1) is 0 Å². The summed E-state index contributed by atoms with van der Waals surface area (Å²) in [6, 6.07) is 0.0122. The third-order valence-electron chi connectivity index (χ3n) is 2.98. The van der Waals surface area contributed by atoms with E-state index in [0.29, 0.717) is 13.2 Å². The Bertz CT molecular complexity index is 227. The molecule has 1 saturated carbocycles. The summed E-state index contributed by atoms with van der Waals surface area (Å²) in [5.41, 5.74) is 5.39. The molecule has 13 heavy (non-hydrogen) atoms. The highest BCUT2D eigenvalue weighted by atomic mass is 16.5. The minimum Gasteiger partial charge on any atom is -0.465 e. The Morgan fingerprint density at radius 2 is 2.46 bits per heavy atom. The van der Waals surface area contributed by atoms with Gasteiger partial charge < -0.3 is 15.2 Å². The van der Waals surface area contributed by atoms with Gasteiger partial charge in [-0.1, -0.05) is 0 Å². The standard InChI is InChI=1S/C9H15NO3/c1-2-12-8(11)9-3-6(10)7(4-9)13-5-9/h6-7H,2-5,10H2,1H3/t6-,7-,9+/m1/s1. The minimum absolute atomic E-state index is 0.0122. The fourth-order valence-electron chi connectivity index (χ4n) is 2.28. The number of hydrogen-bond acceptors (Lipinski definition) is 4. The number of carbonyl (C=O) groups is 1. The van der Waals surface area contributed by atoms with Gasteiger partial charge in [0, 0.05) is 6.04 Å². The van der Waals surface area contributed by atoms with E-state index < -0.39 is 5.41 Å². The maximum Gasteiger partial charge on any atom is 0.314 e. The maximum absolute atomic E-state index is 11.6. The van der Waals surface area contributed by atoms with Gasteiger partial charge in [-0.3, -0.25) is 4.79 Å². The van der Waals surface area contributed by atoms with Crippen LogP contribution in [0.5, 0.6) is 0 Å². The van der Waals surface area contributed by atoms with Crippen molar-refractivity contribution in [3.05, 3.63) is 0 Å². The Labute approximate surface area is 77.4 Å². The molecule has 2 rings (SSSR count). The molecule has 1 saturated heterocycles. The lowest BCUT2D eigenvalue weighted by atomic mass is 9.88. The summed E-state index contributed by atoms with van der Waals surface area (Å²) in [7, 11) is 0. The van der Waals surface area contributed by atoms with Crippen LogP contribution in [-0.4, -0.2) is 31.3 Å². The third kappa shape index (κ3) is 1.25. The average Bonchev–Trinajstić information content (AvgIpc) is 2.62. The number of nitrogens with two attached hydrogens (primary N) is 1. The van der Waals surface area contributed by atoms with Crippen LogP contribution >= 0.6 is 0 Å². The predicted octanol–water partition coefficient (Wildman–Crippen LogP) is 0.0558. The second-order valence-electron chi connectivity index (χ2n) is 3.92. The summed E-state index contributed by atoms with van der Waals surface area (Å²) in [6.07, 6.45) is 1.54. The zero-order valence-electron chi connectivity index (χ0n) is 7.79. The summed E-state index contributed by atoms with van der Waals surface area (Å²) in [5.74, 6) is -0.134. The fraction of sp³-hybridized carbons (Fsp3) is 0.889. The first-order valence-electron chi connectivity index (χ1n) is 4.72. The Hall–Kier alpha value is -0.610. The molecule has 2 N–H and O–H groups in total. The number of ether oxygens (including phenoxy) is 2. The number of rotatable bonds is 2. The molecule has 4 heteroatoms. The maximum atomic E-state index is 11.6. The average molecular weight is 185 g/mol. The van der Waals surface area contributed by atoms with E-state index in [-0.39, 0.29) is 18.1 Å². The number of esters is 1. The summed E-state index contributed by atoms with van der Waals surface area (Å²) in [6.45, 7) is 2.74. The van der Waals surface area contributed by atoms with Gasteiger partial charge in [0.25, 0.3) is 0 Å². The third-order valence-corrected chi connectivity index (χ3v) is 2.98. The first-order chi connectivity index (χ1) is 6.18. The van der Waals surface area contributed by atoms with Crippen LogP contribution in [0.25, 0.3) is 0 Å². The lowest BCUT2D eigenvalue weighted by molar-refractivity contribution is -0.156. The SMILES string of the molecule is CCOC(=O)[C@]12CO[C@H](C1)[C@H](N)C2. The molecule has 0 aromatic rings. The van der Waals surface area contributed by atoms with Gasteiger partial charge in [-0.25, -0.2) is 0 Å². The van der Waals surface area contributed by atoms with E-state index in [4.69, 9.17) is 15.2 Å². The quantitative estimate of drug-likeness (QED) is 0.618. The molecule has 4 nitrogen and oxygen atoms in total. The Morgan fingerprint density at radius 3 is 2.92 bits per heavy atom. The predicted molar refractivity (Wildman–Crippen MR) is 46.0 cm³/mol. The van der Waals surface area contributed by atoms with Crippen molar-refractivity contribution in [1.29, 1.82) is 0 Å². The number of hydrogen-bond donors (Lipinski definition) is 1. The van der Waals surface area contributed by atoms with Gasteiger partial charge in [0.1, 0.15) is 0 Å². The summed E-state index contributed by atoms with van der Waals surface area (Å²) < 4.78 is 10.4. The van der Waals surface area contributed by atoms with Crippen LogP contribution in [0, 0.1) is 5.41 Å². The molecule has 2 bridgehead atoms. The normalized spacial score (nSPS) is 42.3. The molecule has 0 radical (unpaired) electrons. The van der Waals surface area contributed by atoms with Crippen molar-refractivity contribution < 1.29 is 14.3 Å². The lowest BCUT2D eigenvalue weighted by Crippen LogP contribution is -2.39. The second kappa shape index (κ2) is 2.96. The van der Waals surface area contributed by atoms with Crippen molar-refractivity contribution in [2.24, 2.45) is 11.1 Å². The van der Waals surface area contributed by atoms with Crippen molar-refractivity contribution in [3.8, 4) is 0 Å². The van der Waals surface area contributed by atoms with Gasteiger partial charge in [0.15, 0.2) is 0 Å². The van der Waals surface area contributed by atoms with E-state index in [0.717, 1.165) is 12.8 Å². The van der Waals surface area contributed by atoms with Crippen LogP contribution < -0.4 is 5.73 Å². The molecule has 0 aromatic carbocycles. The molecule has 1 aliphatic carbocycles. The molecule has 3 atom stereocenters. The second-order valence-corrected chi connectivity index (χ2v) is 3.92. The van der Waals surface area contributed by atoms with E-state index in [1.807, 2.05) is 6.92 Å². The van der Waals surface area contributed by atoms with E-state index in [9.17, 15) is 4.79 Å². The molecule has 0 amide bonds. The molecular formula is C9H15NO3. The summed E-state index contributed by atoms with van der Waals surface area (Å²) >= 11 is 0. The highest BCUT2D eigenvalue weighted by Crippen LogP contribution is 2.46. The van der Waals surface area contributed by atoms with Crippen LogP contribution in [0.15, 0.2) is 0 Å². The van der Waals surface area contributed by atoms with Crippen LogP contribution in [0.2, 0.25) is 0 Å². The van der Waals surface area contributed by atoms with Crippen molar-refractivity contribution >= 4 is 5.97 Å². The number of carbonyl (C=O) groups excluding carboxylic acids is 1. The Balaban J connectivity index is 2.09. The van der Waals surface area contributed by atoms with Gasteiger partial charge in [-0.05, 0) is 19.8 Å².